The summed E-state index contributed by atoms with van der Waals surface area (Å²) < 4.78 is 5.74. The van der Waals surface area contributed by atoms with Gasteiger partial charge in [-0.05, 0) is 40.4 Å². The van der Waals surface area contributed by atoms with Crippen molar-refractivity contribution < 1.29 is 9.21 Å². The molecule has 4 heterocycles. The molecule has 5 rings (SSSR count). The van der Waals surface area contributed by atoms with Crippen LogP contribution in [0, 0.1) is 0 Å². The first-order chi connectivity index (χ1) is 14.3. The van der Waals surface area contributed by atoms with Gasteiger partial charge < -0.3 is 9.32 Å². The molecule has 0 N–H and O–H groups in total. The van der Waals surface area contributed by atoms with Crippen LogP contribution in [-0.4, -0.2) is 27.5 Å². The molecule has 5 nitrogen and oxygen atoms in total. The van der Waals surface area contributed by atoms with E-state index in [4.69, 9.17) is 4.42 Å². The molecule has 1 atom stereocenters. The maximum absolute atomic E-state index is 13.2. The van der Waals surface area contributed by atoms with E-state index in [1.54, 1.807) is 22.7 Å². The molecule has 1 aliphatic heterocycles. The molecule has 0 spiro atoms. The summed E-state index contributed by atoms with van der Waals surface area (Å²) >= 11 is 3.37. The molecular weight excluding hydrogens is 402 g/mol. The first-order valence-corrected chi connectivity index (χ1v) is 11.4. The summed E-state index contributed by atoms with van der Waals surface area (Å²) in [5, 5.41) is 14.3. The van der Waals surface area contributed by atoms with E-state index in [0.717, 1.165) is 24.1 Å². The number of fused-ring (bicyclic) bond motifs is 1. The Balaban J connectivity index is 1.33. The van der Waals surface area contributed by atoms with Gasteiger partial charge in [0.1, 0.15) is 0 Å². The van der Waals surface area contributed by atoms with Crippen LogP contribution in [0.2, 0.25) is 0 Å². The van der Waals surface area contributed by atoms with E-state index in [9.17, 15) is 4.79 Å². The Morgan fingerprint density at radius 2 is 2.03 bits per heavy atom. The average Bonchev–Trinajstić information content (AvgIpc) is 3.52. The highest BCUT2D eigenvalue weighted by atomic mass is 32.1. The zero-order valence-corrected chi connectivity index (χ0v) is 17.3. The molecule has 0 saturated carbocycles. The van der Waals surface area contributed by atoms with Gasteiger partial charge in [0.15, 0.2) is 0 Å². The van der Waals surface area contributed by atoms with Gasteiger partial charge in [-0.1, -0.05) is 30.3 Å². The lowest BCUT2D eigenvalue weighted by molar-refractivity contribution is -0.133. The fourth-order valence-corrected chi connectivity index (χ4v) is 5.33. The molecule has 0 saturated heterocycles. The smallest absolute Gasteiger partial charge is 0.248 e. The van der Waals surface area contributed by atoms with Crippen LogP contribution in [0.25, 0.3) is 11.5 Å². The van der Waals surface area contributed by atoms with Gasteiger partial charge >= 0.3 is 0 Å². The monoisotopic (exact) mass is 421 g/mol. The topological polar surface area (TPSA) is 59.2 Å². The standard InChI is InChI=1S/C22H19N3O2S2/c26-20(7-6-19-23-24-22(27-19)16-9-12-28-14-16)25-11-8-18-17(10-13-29-18)21(25)15-4-2-1-3-5-15/h1-5,9-10,12-14,21H,6-8,11H2. The first kappa shape index (κ1) is 18.3. The highest BCUT2D eigenvalue weighted by Gasteiger charge is 2.32. The van der Waals surface area contributed by atoms with E-state index in [0.29, 0.717) is 24.6 Å². The lowest BCUT2D eigenvalue weighted by Crippen LogP contribution is -2.40. The van der Waals surface area contributed by atoms with Crippen LogP contribution >= 0.6 is 22.7 Å². The number of carbonyl (C=O) groups is 1. The number of thiophene rings is 2. The van der Waals surface area contributed by atoms with Gasteiger partial charge in [-0.25, -0.2) is 0 Å². The van der Waals surface area contributed by atoms with Crippen LogP contribution in [0.15, 0.2) is 63.0 Å². The Kier molecular flexibility index (Phi) is 4.99. The Bertz CT molecular complexity index is 1100. The molecule has 0 bridgehead atoms. The van der Waals surface area contributed by atoms with Crippen molar-refractivity contribution in [3.05, 3.63) is 80.5 Å². The number of hydrogen-bond donors (Lipinski definition) is 0. The third-order valence-corrected chi connectivity index (χ3v) is 6.87. The minimum Gasteiger partial charge on any atom is -0.421 e. The number of nitrogens with zero attached hydrogens (tertiary/aromatic N) is 3. The van der Waals surface area contributed by atoms with Gasteiger partial charge in [0.2, 0.25) is 17.7 Å². The molecule has 1 aliphatic rings. The molecular formula is C22H19N3O2S2. The SMILES string of the molecule is O=C(CCc1nnc(-c2ccsc2)o1)N1CCc2sccc2C1c1ccccc1. The summed E-state index contributed by atoms with van der Waals surface area (Å²) in [7, 11) is 0. The number of aryl methyl sites for hydroxylation is 1. The van der Waals surface area contributed by atoms with E-state index in [2.05, 4.69) is 33.8 Å². The van der Waals surface area contributed by atoms with Gasteiger partial charge in [-0.2, -0.15) is 11.3 Å². The molecule has 146 valence electrons. The highest BCUT2D eigenvalue weighted by Crippen LogP contribution is 2.38. The van der Waals surface area contributed by atoms with Crippen LogP contribution < -0.4 is 0 Å². The summed E-state index contributed by atoms with van der Waals surface area (Å²) in [6.45, 7) is 0.732. The molecule has 29 heavy (non-hydrogen) atoms. The van der Waals surface area contributed by atoms with E-state index >= 15 is 0 Å². The first-order valence-electron chi connectivity index (χ1n) is 9.55. The molecule has 1 amide bonds. The van der Waals surface area contributed by atoms with Gasteiger partial charge in [0.25, 0.3) is 0 Å². The molecule has 7 heteroatoms. The van der Waals surface area contributed by atoms with Crippen molar-refractivity contribution in [2.75, 3.05) is 6.54 Å². The van der Waals surface area contributed by atoms with Crippen LogP contribution in [0.3, 0.4) is 0 Å². The second-order valence-electron chi connectivity index (χ2n) is 6.96. The second-order valence-corrected chi connectivity index (χ2v) is 8.74. The van der Waals surface area contributed by atoms with Crippen molar-refractivity contribution in [1.82, 2.24) is 15.1 Å². The second kappa shape index (κ2) is 7.93. The normalized spacial score (nSPS) is 16.0. The third kappa shape index (κ3) is 3.63. The number of carbonyl (C=O) groups excluding carboxylic acids is 1. The van der Waals surface area contributed by atoms with Gasteiger partial charge in [-0.15, -0.1) is 21.5 Å². The molecule has 0 fully saturated rings. The van der Waals surface area contributed by atoms with Gasteiger partial charge in [0, 0.05) is 35.2 Å². The molecule has 1 aromatic carbocycles. The van der Waals surface area contributed by atoms with Crippen molar-refractivity contribution in [3.8, 4) is 11.5 Å². The van der Waals surface area contributed by atoms with Crippen molar-refractivity contribution in [2.45, 2.75) is 25.3 Å². The summed E-state index contributed by atoms with van der Waals surface area (Å²) in [5.74, 6) is 1.13. The maximum atomic E-state index is 13.2. The van der Waals surface area contributed by atoms with Gasteiger partial charge in [-0.3, -0.25) is 4.79 Å². The predicted octanol–water partition coefficient (Wildman–Crippen LogP) is 4.97. The van der Waals surface area contributed by atoms with E-state index in [1.165, 1.54) is 10.4 Å². The van der Waals surface area contributed by atoms with E-state index in [-0.39, 0.29) is 11.9 Å². The van der Waals surface area contributed by atoms with Crippen LogP contribution in [-0.2, 0) is 17.6 Å². The van der Waals surface area contributed by atoms with Crippen LogP contribution in [0.1, 0.15) is 34.4 Å². The molecule has 0 aliphatic carbocycles. The number of benzene rings is 1. The molecule has 0 radical (unpaired) electrons. The highest BCUT2D eigenvalue weighted by molar-refractivity contribution is 7.10. The Morgan fingerprint density at radius 1 is 1.14 bits per heavy atom. The quantitative estimate of drug-likeness (QED) is 0.457. The van der Waals surface area contributed by atoms with E-state index in [1.807, 2.05) is 39.9 Å². The number of aromatic nitrogens is 2. The predicted molar refractivity (Wildman–Crippen MR) is 114 cm³/mol. The average molecular weight is 422 g/mol. The lowest BCUT2D eigenvalue weighted by Gasteiger charge is -2.36. The van der Waals surface area contributed by atoms with Crippen LogP contribution in [0.5, 0.6) is 0 Å². The van der Waals surface area contributed by atoms with Crippen molar-refractivity contribution in [1.29, 1.82) is 0 Å². The zero-order valence-electron chi connectivity index (χ0n) is 15.7. The minimum atomic E-state index is -0.0252. The zero-order chi connectivity index (χ0) is 19.6. The molecule has 4 aromatic rings. The Labute approximate surface area is 176 Å². The van der Waals surface area contributed by atoms with Gasteiger partial charge in [0.05, 0.1) is 6.04 Å². The molecule has 1 unspecified atom stereocenters. The Hall–Kier alpha value is -2.77. The third-order valence-electron chi connectivity index (χ3n) is 5.19. The fourth-order valence-electron chi connectivity index (χ4n) is 3.79. The summed E-state index contributed by atoms with van der Waals surface area (Å²) in [6, 6.07) is 14.3. The number of rotatable bonds is 5. The van der Waals surface area contributed by atoms with E-state index < -0.39 is 0 Å². The molecule has 3 aromatic heterocycles. The summed E-state index contributed by atoms with van der Waals surface area (Å²) in [4.78, 5) is 16.5. The Morgan fingerprint density at radius 3 is 2.86 bits per heavy atom. The largest absolute Gasteiger partial charge is 0.421 e. The summed E-state index contributed by atoms with van der Waals surface area (Å²) in [5.41, 5.74) is 3.32. The number of amides is 1. The van der Waals surface area contributed by atoms with Crippen molar-refractivity contribution >= 4 is 28.6 Å². The number of hydrogen-bond acceptors (Lipinski definition) is 6. The minimum absolute atomic E-state index is 0.0252. The van der Waals surface area contributed by atoms with Crippen molar-refractivity contribution in [3.63, 3.8) is 0 Å². The maximum Gasteiger partial charge on any atom is 0.248 e. The van der Waals surface area contributed by atoms with Crippen LogP contribution in [0.4, 0.5) is 0 Å². The lowest BCUT2D eigenvalue weighted by atomic mass is 9.93. The fraction of sp³-hybridized carbons (Fsp3) is 0.227. The summed E-state index contributed by atoms with van der Waals surface area (Å²) in [6.07, 6.45) is 1.71. The van der Waals surface area contributed by atoms with Crippen molar-refractivity contribution in [2.24, 2.45) is 0 Å².